The minimum absolute atomic E-state index is 0.835. The van der Waals surface area contributed by atoms with Crippen LogP contribution in [0.5, 0.6) is 0 Å². The van der Waals surface area contributed by atoms with Crippen molar-refractivity contribution in [2.45, 2.75) is 6.92 Å². The first-order valence-corrected chi connectivity index (χ1v) is 5.31. The molecule has 0 spiro atoms. The summed E-state index contributed by atoms with van der Waals surface area (Å²) in [4.78, 5) is 8.63. The highest BCUT2D eigenvalue weighted by molar-refractivity contribution is 7.17. The molecule has 0 aromatic carbocycles. The fourth-order valence-corrected chi connectivity index (χ4v) is 2.40. The van der Waals surface area contributed by atoms with Gasteiger partial charge < -0.3 is 0 Å². The molecule has 14 heavy (non-hydrogen) atoms. The maximum absolute atomic E-state index is 4.32. The van der Waals surface area contributed by atoms with E-state index in [0.29, 0.717) is 0 Å². The molecular weight excluding hydrogens is 192 g/mol. The molecule has 0 aliphatic carbocycles. The van der Waals surface area contributed by atoms with Gasteiger partial charge in [-0.15, -0.1) is 11.3 Å². The number of thiophene rings is 1. The Bertz CT molecular complexity index is 613. The first-order valence-electron chi connectivity index (χ1n) is 4.43. The molecule has 3 heteroatoms. The molecule has 2 nitrogen and oxygen atoms in total. The van der Waals surface area contributed by atoms with Crippen molar-refractivity contribution in [1.29, 1.82) is 0 Å². The lowest BCUT2D eigenvalue weighted by Gasteiger charge is -1.98. The van der Waals surface area contributed by atoms with E-state index in [4.69, 9.17) is 0 Å². The van der Waals surface area contributed by atoms with Crippen molar-refractivity contribution in [1.82, 2.24) is 9.97 Å². The summed E-state index contributed by atoms with van der Waals surface area (Å²) in [6, 6.07) is 4.27. The Balaban J connectivity index is 2.60. The van der Waals surface area contributed by atoms with Crippen LogP contribution in [0.2, 0.25) is 0 Å². The van der Waals surface area contributed by atoms with Crippen molar-refractivity contribution in [3.05, 3.63) is 35.5 Å². The molecule has 0 aliphatic heterocycles. The maximum atomic E-state index is 4.32. The van der Waals surface area contributed by atoms with Crippen molar-refractivity contribution in [2.24, 2.45) is 0 Å². The SMILES string of the molecule is Cc1cnc2ncc3sccc3c2c1. The van der Waals surface area contributed by atoms with Crippen LogP contribution >= 0.6 is 11.3 Å². The molecule has 3 aromatic heterocycles. The van der Waals surface area contributed by atoms with E-state index in [9.17, 15) is 0 Å². The van der Waals surface area contributed by atoms with Gasteiger partial charge in [0.25, 0.3) is 0 Å². The van der Waals surface area contributed by atoms with Gasteiger partial charge in [0, 0.05) is 23.2 Å². The molecule has 0 atom stereocenters. The van der Waals surface area contributed by atoms with Gasteiger partial charge in [-0.2, -0.15) is 0 Å². The van der Waals surface area contributed by atoms with Gasteiger partial charge in [-0.05, 0) is 30.0 Å². The first-order chi connectivity index (χ1) is 6.84. The van der Waals surface area contributed by atoms with Crippen molar-refractivity contribution in [3.8, 4) is 0 Å². The predicted molar refractivity (Wildman–Crippen MR) is 59.7 cm³/mol. The van der Waals surface area contributed by atoms with Gasteiger partial charge in [0.05, 0.1) is 4.70 Å². The van der Waals surface area contributed by atoms with Crippen LogP contribution in [-0.4, -0.2) is 9.97 Å². The summed E-state index contributed by atoms with van der Waals surface area (Å²) in [7, 11) is 0. The normalized spacial score (nSPS) is 11.2. The minimum Gasteiger partial charge on any atom is -0.236 e. The van der Waals surface area contributed by atoms with E-state index in [0.717, 1.165) is 11.0 Å². The standard InChI is InChI=1S/C11H8N2S/c1-7-4-9-8-2-3-14-10(8)6-13-11(9)12-5-7/h2-6H,1H3. The molecule has 0 radical (unpaired) electrons. The van der Waals surface area contributed by atoms with Crippen LogP contribution in [0.15, 0.2) is 29.9 Å². The van der Waals surface area contributed by atoms with Crippen LogP contribution < -0.4 is 0 Å². The van der Waals surface area contributed by atoms with E-state index >= 15 is 0 Å². The summed E-state index contributed by atoms with van der Waals surface area (Å²) in [6.07, 6.45) is 3.75. The third-order valence-electron chi connectivity index (χ3n) is 2.29. The molecule has 0 saturated heterocycles. The molecule has 0 aliphatic rings. The average Bonchev–Trinajstić information content (AvgIpc) is 2.65. The van der Waals surface area contributed by atoms with Crippen molar-refractivity contribution < 1.29 is 0 Å². The summed E-state index contributed by atoms with van der Waals surface area (Å²) in [5, 5.41) is 4.51. The number of aryl methyl sites for hydroxylation is 1. The second kappa shape index (κ2) is 2.75. The lowest BCUT2D eigenvalue weighted by molar-refractivity contribution is 1.27. The molecule has 3 rings (SSSR count). The number of aromatic nitrogens is 2. The van der Waals surface area contributed by atoms with E-state index in [1.54, 1.807) is 11.3 Å². The Morgan fingerprint density at radius 2 is 2.00 bits per heavy atom. The number of pyridine rings is 2. The zero-order valence-electron chi connectivity index (χ0n) is 7.69. The second-order valence-corrected chi connectivity index (χ2v) is 4.29. The summed E-state index contributed by atoms with van der Waals surface area (Å²) in [5.74, 6) is 0. The van der Waals surface area contributed by atoms with Crippen molar-refractivity contribution in [3.63, 3.8) is 0 Å². The Kier molecular flexibility index (Phi) is 1.55. The largest absolute Gasteiger partial charge is 0.236 e. The zero-order chi connectivity index (χ0) is 9.54. The van der Waals surface area contributed by atoms with Crippen molar-refractivity contribution in [2.75, 3.05) is 0 Å². The quantitative estimate of drug-likeness (QED) is 0.557. The molecule has 0 unspecified atom stereocenters. The van der Waals surface area contributed by atoms with E-state index in [1.165, 1.54) is 15.6 Å². The van der Waals surface area contributed by atoms with Gasteiger partial charge in [-0.3, -0.25) is 0 Å². The van der Waals surface area contributed by atoms with Crippen LogP contribution in [0.25, 0.3) is 21.1 Å². The van der Waals surface area contributed by atoms with E-state index in [1.807, 2.05) is 12.4 Å². The minimum atomic E-state index is 0.835. The number of rotatable bonds is 0. The van der Waals surface area contributed by atoms with E-state index in [-0.39, 0.29) is 0 Å². The second-order valence-electron chi connectivity index (χ2n) is 3.34. The fraction of sp³-hybridized carbons (Fsp3) is 0.0909. The Morgan fingerprint density at radius 3 is 2.93 bits per heavy atom. The number of hydrogen-bond acceptors (Lipinski definition) is 3. The number of hydrogen-bond donors (Lipinski definition) is 0. The molecule has 3 aromatic rings. The highest BCUT2D eigenvalue weighted by atomic mass is 32.1. The molecule has 0 amide bonds. The molecule has 0 fully saturated rings. The molecule has 3 heterocycles. The summed E-state index contributed by atoms with van der Waals surface area (Å²) in [6.45, 7) is 2.05. The van der Waals surface area contributed by atoms with Crippen LogP contribution in [0.3, 0.4) is 0 Å². The van der Waals surface area contributed by atoms with E-state index in [2.05, 4.69) is 34.4 Å². The van der Waals surface area contributed by atoms with Crippen LogP contribution in [0.1, 0.15) is 5.56 Å². The molecule has 0 saturated carbocycles. The zero-order valence-corrected chi connectivity index (χ0v) is 8.51. The van der Waals surface area contributed by atoms with E-state index < -0.39 is 0 Å². The first kappa shape index (κ1) is 7.88. The third-order valence-corrected chi connectivity index (χ3v) is 3.14. The van der Waals surface area contributed by atoms with Crippen molar-refractivity contribution >= 4 is 32.5 Å². The molecule has 0 bridgehead atoms. The van der Waals surface area contributed by atoms with Gasteiger partial charge in [-0.25, -0.2) is 9.97 Å². The number of nitrogens with zero attached hydrogens (tertiary/aromatic N) is 2. The highest BCUT2D eigenvalue weighted by Crippen LogP contribution is 2.26. The molecular formula is C11H8N2S. The molecule has 68 valence electrons. The monoisotopic (exact) mass is 200 g/mol. The summed E-state index contributed by atoms with van der Waals surface area (Å²) >= 11 is 1.72. The van der Waals surface area contributed by atoms with Crippen LogP contribution in [0, 0.1) is 6.92 Å². The van der Waals surface area contributed by atoms with Gasteiger partial charge >= 0.3 is 0 Å². The smallest absolute Gasteiger partial charge is 0.159 e. The van der Waals surface area contributed by atoms with Gasteiger partial charge in [0.15, 0.2) is 5.65 Å². The topological polar surface area (TPSA) is 25.8 Å². The lowest BCUT2D eigenvalue weighted by Crippen LogP contribution is -1.84. The Morgan fingerprint density at radius 1 is 1.14 bits per heavy atom. The van der Waals surface area contributed by atoms with Gasteiger partial charge in [-0.1, -0.05) is 0 Å². The van der Waals surface area contributed by atoms with Gasteiger partial charge in [0.1, 0.15) is 0 Å². The Labute approximate surface area is 85.2 Å². The Hall–Kier alpha value is -1.48. The number of fused-ring (bicyclic) bond motifs is 3. The summed E-state index contributed by atoms with van der Waals surface area (Å²) < 4.78 is 1.23. The average molecular weight is 200 g/mol. The van der Waals surface area contributed by atoms with Crippen LogP contribution in [0.4, 0.5) is 0 Å². The summed E-state index contributed by atoms with van der Waals surface area (Å²) in [5.41, 5.74) is 2.01. The van der Waals surface area contributed by atoms with Crippen LogP contribution in [-0.2, 0) is 0 Å². The molecule has 0 N–H and O–H groups in total. The lowest BCUT2D eigenvalue weighted by atomic mass is 10.2. The third kappa shape index (κ3) is 1.02. The maximum Gasteiger partial charge on any atom is 0.159 e. The fourth-order valence-electron chi connectivity index (χ4n) is 1.63. The predicted octanol–water partition coefficient (Wildman–Crippen LogP) is 3.15. The van der Waals surface area contributed by atoms with Gasteiger partial charge in [0.2, 0.25) is 0 Å². The highest BCUT2D eigenvalue weighted by Gasteiger charge is 2.03.